The first kappa shape index (κ1) is 13.7. The summed E-state index contributed by atoms with van der Waals surface area (Å²) in [5.74, 6) is 0.715. The number of carbonyl (C=O) groups is 1. The number of nitrogens with zero attached hydrogens (tertiary/aromatic N) is 3. The highest BCUT2D eigenvalue weighted by Crippen LogP contribution is 2.23. The third kappa shape index (κ3) is 3.57. The zero-order valence-corrected chi connectivity index (χ0v) is 10.2. The molecule has 0 saturated heterocycles. The highest BCUT2D eigenvalue weighted by molar-refractivity contribution is 5.97. The Morgan fingerprint density at radius 1 is 1.44 bits per heavy atom. The molecule has 0 aliphatic heterocycles. The van der Waals surface area contributed by atoms with Crippen molar-refractivity contribution in [2.45, 2.75) is 0 Å². The molecule has 0 radical (unpaired) electrons. The van der Waals surface area contributed by atoms with Crippen molar-refractivity contribution >= 4 is 5.91 Å². The van der Waals surface area contributed by atoms with Gasteiger partial charge in [-0.3, -0.25) is 4.79 Å². The number of carbonyl (C=O) groups excluding carboxylic acids is 1. The van der Waals surface area contributed by atoms with Crippen molar-refractivity contribution in [1.82, 2.24) is 5.32 Å². The van der Waals surface area contributed by atoms with E-state index in [4.69, 9.17) is 15.0 Å². The highest BCUT2D eigenvalue weighted by Gasteiger charge is 2.12. The fourth-order valence-electron chi connectivity index (χ4n) is 1.35. The zero-order valence-electron chi connectivity index (χ0n) is 10.2. The summed E-state index contributed by atoms with van der Waals surface area (Å²) in [6.45, 7) is 0.470. The molecule has 0 aromatic heterocycles. The third-order valence-electron chi connectivity index (χ3n) is 2.21. The molecule has 0 fully saturated rings. The molecular formula is C11H14N4O3. The van der Waals surface area contributed by atoms with Crippen LogP contribution < -0.4 is 14.8 Å². The first-order valence-electron chi connectivity index (χ1n) is 5.24. The Hall–Kier alpha value is -2.40. The van der Waals surface area contributed by atoms with Crippen molar-refractivity contribution in [2.75, 3.05) is 27.3 Å². The predicted molar refractivity (Wildman–Crippen MR) is 65.9 cm³/mol. The number of methoxy groups -OCH3 is 2. The SMILES string of the molecule is COc1ccc(OC)c(C(=O)NCCN=[N+]=[N-])c1. The summed E-state index contributed by atoms with van der Waals surface area (Å²) in [7, 11) is 3.00. The van der Waals surface area contributed by atoms with Gasteiger partial charge in [-0.1, -0.05) is 5.11 Å². The molecule has 0 atom stereocenters. The van der Waals surface area contributed by atoms with Gasteiger partial charge in [-0.25, -0.2) is 0 Å². The largest absolute Gasteiger partial charge is 0.497 e. The van der Waals surface area contributed by atoms with Gasteiger partial charge >= 0.3 is 0 Å². The van der Waals surface area contributed by atoms with Crippen LogP contribution in [0, 0.1) is 0 Å². The maximum atomic E-state index is 11.9. The Bertz CT molecular complexity index is 469. The van der Waals surface area contributed by atoms with Gasteiger partial charge in [0.15, 0.2) is 0 Å². The maximum Gasteiger partial charge on any atom is 0.255 e. The van der Waals surface area contributed by atoms with Crippen LogP contribution in [0.4, 0.5) is 0 Å². The Balaban J connectivity index is 2.79. The van der Waals surface area contributed by atoms with Gasteiger partial charge < -0.3 is 14.8 Å². The van der Waals surface area contributed by atoms with E-state index in [2.05, 4.69) is 15.3 Å². The number of nitrogens with one attached hydrogen (secondary N) is 1. The second kappa shape index (κ2) is 7.03. The van der Waals surface area contributed by atoms with Crippen molar-refractivity contribution < 1.29 is 14.3 Å². The van der Waals surface area contributed by atoms with Crippen LogP contribution in [0.5, 0.6) is 11.5 Å². The number of hydrogen-bond acceptors (Lipinski definition) is 4. The quantitative estimate of drug-likeness (QED) is 0.360. The monoisotopic (exact) mass is 250 g/mol. The number of hydrogen-bond donors (Lipinski definition) is 1. The van der Waals surface area contributed by atoms with E-state index in [1.165, 1.54) is 14.2 Å². The minimum absolute atomic E-state index is 0.203. The molecule has 18 heavy (non-hydrogen) atoms. The average molecular weight is 250 g/mol. The first-order valence-corrected chi connectivity index (χ1v) is 5.24. The molecule has 7 heteroatoms. The zero-order chi connectivity index (χ0) is 13.4. The van der Waals surface area contributed by atoms with Crippen LogP contribution in [0.1, 0.15) is 10.4 Å². The summed E-state index contributed by atoms with van der Waals surface area (Å²) >= 11 is 0. The first-order chi connectivity index (χ1) is 8.72. The summed E-state index contributed by atoms with van der Waals surface area (Å²) in [5.41, 5.74) is 8.48. The number of rotatable bonds is 6. The van der Waals surface area contributed by atoms with Crippen LogP contribution in [-0.2, 0) is 0 Å². The summed E-state index contributed by atoms with van der Waals surface area (Å²) < 4.78 is 10.1. The fraction of sp³-hybridized carbons (Fsp3) is 0.364. The highest BCUT2D eigenvalue weighted by atomic mass is 16.5. The van der Waals surface area contributed by atoms with E-state index in [0.29, 0.717) is 17.1 Å². The van der Waals surface area contributed by atoms with E-state index < -0.39 is 0 Å². The fourth-order valence-corrected chi connectivity index (χ4v) is 1.35. The molecule has 0 aliphatic carbocycles. The van der Waals surface area contributed by atoms with Crippen LogP contribution in [0.2, 0.25) is 0 Å². The molecule has 0 spiro atoms. The number of azide groups is 1. The number of benzene rings is 1. The lowest BCUT2D eigenvalue weighted by Gasteiger charge is -2.10. The van der Waals surface area contributed by atoms with E-state index >= 15 is 0 Å². The summed E-state index contributed by atoms with van der Waals surface area (Å²) in [4.78, 5) is 14.5. The number of amides is 1. The molecule has 1 rings (SSSR count). The molecule has 1 aromatic rings. The van der Waals surface area contributed by atoms with Gasteiger partial charge in [0.25, 0.3) is 5.91 Å². The molecule has 0 aliphatic rings. The third-order valence-corrected chi connectivity index (χ3v) is 2.21. The summed E-state index contributed by atoms with van der Waals surface area (Å²) in [6.07, 6.45) is 0. The Labute approximate surface area is 104 Å². The smallest absolute Gasteiger partial charge is 0.255 e. The van der Waals surface area contributed by atoms with E-state index in [1.54, 1.807) is 18.2 Å². The van der Waals surface area contributed by atoms with Gasteiger partial charge in [0.2, 0.25) is 0 Å². The minimum Gasteiger partial charge on any atom is -0.497 e. The number of ether oxygens (including phenoxy) is 2. The van der Waals surface area contributed by atoms with Gasteiger partial charge in [-0.2, -0.15) is 0 Å². The van der Waals surface area contributed by atoms with Gasteiger partial charge in [-0.05, 0) is 23.7 Å². The molecule has 7 nitrogen and oxygen atoms in total. The summed E-state index contributed by atoms with van der Waals surface area (Å²) in [6, 6.07) is 4.94. The van der Waals surface area contributed by atoms with Crippen LogP contribution in [-0.4, -0.2) is 33.2 Å². The summed E-state index contributed by atoms with van der Waals surface area (Å²) in [5, 5.41) is 5.94. The van der Waals surface area contributed by atoms with Gasteiger partial charge in [-0.15, -0.1) is 0 Å². The van der Waals surface area contributed by atoms with Crippen molar-refractivity contribution in [3.63, 3.8) is 0 Å². The van der Waals surface area contributed by atoms with Gasteiger partial charge in [0.05, 0.1) is 19.8 Å². The second-order valence-corrected chi connectivity index (χ2v) is 3.28. The molecule has 1 amide bonds. The van der Waals surface area contributed by atoms with E-state index in [1.807, 2.05) is 0 Å². The molecule has 1 aromatic carbocycles. The van der Waals surface area contributed by atoms with Crippen molar-refractivity contribution in [1.29, 1.82) is 0 Å². The standard InChI is InChI=1S/C11H14N4O3/c1-17-8-3-4-10(18-2)9(7-8)11(16)13-5-6-14-15-12/h3-4,7H,5-6H2,1-2H3,(H,13,16). The average Bonchev–Trinajstić information content (AvgIpc) is 2.42. The lowest BCUT2D eigenvalue weighted by molar-refractivity contribution is 0.0951. The molecule has 0 bridgehead atoms. The topological polar surface area (TPSA) is 96.3 Å². The van der Waals surface area contributed by atoms with Gasteiger partial charge in [0, 0.05) is 18.0 Å². The molecular weight excluding hydrogens is 236 g/mol. The molecule has 0 heterocycles. The Morgan fingerprint density at radius 3 is 2.83 bits per heavy atom. The predicted octanol–water partition coefficient (Wildman–Crippen LogP) is 1.74. The minimum atomic E-state index is -0.307. The lowest BCUT2D eigenvalue weighted by atomic mass is 10.1. The molecule has 96 valence electrons. The van der Waals surface area contributed by atoms with Crippen molar-refractivity contribution in [3.05, 3.63) is 34.2 Å². The van der Waals surface area contributed by atoms with Crippen molar-refractivity contribution in [3.8, 4) is 11.5 Å². The second-order valence-electron chi connectivity index (χ2n) is 3.28. The van der Waals surface area contributed by atoms with Crippen LogP contribution in [0.3, 0.4) is 0 Å². The van der Waals surface area contributed by atoms with Crippen LogP contribution in [0.15, 0.2) is 23.3 Å². The van der Waals surface area contributed by atoms with Crippen LogP contribution >= 0.6 is 0 Å². The Morgan fingerprint density at radius 2 is 2.22 bits per heavy atom. The van der Waals surface area contributed by atoms with E-state index in [-0.39, 0.29) is 19.0 Å². The maximum absolute atomic E-state index is 11.9. The molecule has 0 unspecified atom stereocenters. The molecule has 0 saturated carbocycles. The lowest BCUT2D eigenvalue weighted by Crippen LogP contribution is -2.26. The molecule has 1 N–H and O–H groups in total. The Kier molecular flexibility index (Phi) is 5.34. The van der Waals surface area contributed by atoms with E-state index in [9.17, 15) is 4.79 Å². The normalized spacial score (nSPS) is 9.22. The van der Waals surface area contributed by atoms with Gasteiger partial charge in [0.1, 0.15) is 11.5 Å². The van der Waals surface area contributed by atoms with Crippen molar-refractivity contribution in [2.24, 2.45) is 5.11 Å². The van der Waals surface area contributed by atoms with E-state index in [0.717, 1.165) is 0 Å². The van der Waals surface area contributed by atoms with Crippen LogP contribution in [0.25, 0.3) is 10.4 Å².